The van der Waals surface area contributed by atoms with Gasteiger partial charge >= 0.3 is 0 Å². The second-order valence-corrected chi connectivity index (χ2v) is 4.50. The third-order valence-electron chi connectivity index (χ3n) is 2.30. The summed E-state index contributed by atoms with van der Waals surface area (Å²) in [7, 11) is 0. The summed E-state index contributed by atoms with van der Waals surface area (Å²) in [6.45, 7) is 4.93. The fourth-order valence-corrected chi connectivity index (χ4v) is 2.41. The molecule has 1 nitrogen and oxygen atoms in total. The highest BCUT2D eigenvalue weighted by atomic mass is 127. The van der Waals surface area contributed by atoms with Crippen LogP contribution in [-0.4, -0.2) is 16.2 Å². The second kappa shape index (κ2) is 4.54. The molecule has 1 aliphatic heterocycles. The summed E-state index contributed by atoms with van der Waals surface area (Å²) in [5, 5.41) is 0. The van der Waals surface area contributed by atoms with Gasteiger partial charge in [-0.25, -0.2) is 3.11 Å². The number of halogens is 1. The average molecular weight is 253 g/mol. The zero-order valence-corrected chi connectivity index (χ0v) is 8.80. The van der Waals surface area contributed by atoms with Crippen LogP contribution in [0.3, 0.4) is 0 Å². The van der Waals surface area contributed by atoms with Crippen LogP contribution in [-0.2, 0) is 0 Å². The Bertz CT molecular complexity index is 95.3. The van der Waals surface area contributed by atoms with Crippen LogP contribution in [0, 0.1) is 5.92 Å². The molecule has 0 aromatic rings. The molecule has 0 aromatic carbocycles. The van der Waals surface area contributed by atoms with Crippen molar-refractivity contribution in [1.29, 1.82) is 0 Å². The number of rotatable bonds is 1. The van der Waals surface area contributed by atoms with Gasteiger partial charge in [0.2, 0.25) is 0 Å². The van der Waals surface area contributed by atoms with E-state index in [1.165, 1.54) is 38.8 Å². The van der Waals surface area contributed by atoms with E-state index in [2.05, 4.69) is 32.9 Å². The summed E-state index contributed by atoms with van der Waals surface area (Å²) in [5.41, 5.74) is 0. The molecule has 1 atom stereocenters. The van der Waals surface area contributed by atoms with Gasteiger partial charge in [0.25, 0.3) is 0 Å². The topological polar surface area (TPSA) is 3.24 Å². The van der Waals surface area contributed by atoms with Gasteiger partial charge in [-0.05, 0) is 18.8 Å². The first-order valence-electron chi connectivity index (χ1n) is 4.23. The van der Waals surface area contributed by atoms with Gasteiger partial charge in [-0.1, -0.05) is 19.8 Å². The molecule has 1 rings (SSSR count). The minimum Gasteiger partial charge on any atom is -0.247 e. The number of hydrogen-bond donors (Lipinski definition) is 0. The smallest absolute Gasteiger partial charge is 0.0201 e. The maximum absolute atomic E-state index is 2.45. The predicted octanol–water partition coefficient (Wildman–Crippen LogP) is 2.85. The van der Waals surface area contributed by atoms with E-state index in [-0.39, 0.29) is 0 Å². The summed E-state index contributed by atoms with van der Waals surface area (Å²) in [4.78, 5) is 0. The van der Waals surface area contributed by atoms with Gasteiger partial charge < -0.3 is 0 Å². The van der Waals surface area contributed by atoms with Crippen LogP contribution in [0.15, 0.2) is 0 Å². The Hall–Kier alpha value is 0.690. The molecule has 1 aliphatic rings. The van der Waals surface area contributed by atoms with Crippen molar-refractivity contribution in [1.82, 2.24) is 3.11 Å². The number of hydrogen-bond acceptors (Lipinski definition) is 1. The first kappa shape index (κ1) is 8.78. The van der Waals surface area contributed by atoms with E-state index in [1.807, 2.05) is 0 Å². The van der Waals surface area contributed by atoms with Crippen LogP contribution in [0.5, 0.6) is 0 Å². The quantitative estimate of drug-likeness (QED) is 0.513. The van der Waals surface area contributed by atoms with Crippen LogP contribution in [0.2, 0.25) is 0 Å². The monoisotopic (exact) mass is 253 g/mol. The molecule has 10 heavy (non-hydrogen) atoms. The first-order valence-corrected chi connectivity index (χ1v) is 5.20. The van der Waals surface area contributed by atoms with E-state index in [0.29, 0.717) is 0 Å². The highest BCUT2D eigenvalue weighted by Gasteiger charge is 2.13. The maximum atomic E-state index is 2.45. The molecule has 0 aromatic heterocycles. The molecule has 1 heterocycles. The molecule has 0 radical (unpaired) electrons. The van der Waals surface area contributed by atoms with Crippen molar-refractivity contribution in [2.75, 3.05) is 13.1 Å². The molecule has 1 fully saturated rings. The largest absolute Gasteiger partial charge is 0.247 e. The standard InChI is InChI=1S/C8H16IN/c1-2-8-5-3-4-6-10(9)7-8/h8H,2-7H2,1H3. The maximum Gasteiger partial charge on any atom is 0.0201 e. The van der Waals surface area contributed by atoms with Crippen LogP contribution in [0.4, 0.5) is 0 Å². The fourth-order valence-electron chi connectivity index (χ4n) is 1.51. The summed E-state index contributed by atoms with van der Waals surface area (Å²) < 4.78 is 2.44. The highest BCUT2D eigenvalue weighted by molar-refractivity contribution is 14.1. The lowest BCUT2D eigenvalue weighted by Gasteiger charge is -2.15. The Labute approximate surface area is 77.7 Å². The molecule has 0 bridgehead atoms. The van der Waals surface area contributed by atoms with E-state index in [4.69, 9.17) is 0 Å². The molecule has 0 saturated carbocycles. The zero-order chi connectivity index (χ0) is 7.40. The van der Waals surface area contributed by atoms with E-state index in [9.17, 15) is 0 Å². The fraction of sp³-hybridized carbons (Fsp3) is 1.00. The van der Waals surface area contributed by atoms with E-state index < -0.39 is 0 Å². The van der Waals surface area contributed by atoms with Gasteiger partial charge in [-0.3, -0.25) is 0 Å². The molecular weight excluding hydrogens is 237 g/mol. The lowest BCUT2D eigenvalue weighted by Crippen LogP contribution is -2.17. The van der Waals surface area contributed by atoms with Crippen molar-refractivity contribution in [3.05, 3.63) is 0 Å². The molecule has 1 unspecified atom stereocenters. The van der Waals surface area contributed by atoms with Crippen molar-refractivity contribution < 1.29 is 0 Å². The average Bonchev–Trinajstić information content (AvgIpc) is 2.13. The molecule has 2 heteroatoms. The molecular formula is C8H16IN. The normalized spacial score (nSPS) is 30.0. The van der Waals surface area contributed by atoms with E-state index >= 15 is 0 Å². The van der Waals surface area contributed by atoms with Crippen molar-refractivity contribution in [2.45, 2.75) is 32.6 Å². The molecule has 1 saturated heterocycles. The van der Waals surface area contributed by atoms with Crippen LogP contribution < -0.4 is 0 Å². The Morgan fingerprint density at radius 2 is 2.30 bits per heavy atom. The summed E-state index contributed by atoms with van der Waals surface area (Å²) in [5.74, 6) is 0.972. The zero-order valence-electron chi connectivity index (χ0n) is 6.65. The van der Waals surface area contributed by atoms with E-state index in [0.717, 1.165) is 5.92 Å². The minimum atomic E-state index is 0.972. The van der Waals surface area contributed by atoms with Crippen molar-refractivity contribution in [3.63, 3.8) is 0 Å². The van der Waals surface area contributed by atoms with Gasteiger partial charge in [0, 0.05) is 36.0 Å². The van der Waals surface area contributed by atoms with Crippen LogP contribution in [0.25, 0.3) is 0 Å². The first-order chi connectivity index (χ1) is 4.83. The predicted molar refractivity (Wildman–Crippen MR) is 53.2 cm³/mol. The van der Waals surface area contributed by atoms with Gasteiger partial charge in [-0.2, -0.15) is 0 Å². The van der Waals surface area contributed by atoms with Crippen molar-refractivity contribution >= 4 is 22.9 Å². The summed E-state index contributed by atoms with van der Waals surface area (Å²) in [6.07, 6.45) is 5.66. The number of nitrogens with zero attached hydrogens (tertiary/aromatic N) is 1. The SMILES string of the molecule is CCC1CCCCN(I)C1. The van der Waals surface area contributed by atoms with Crippen LogP contribution in [0.1, 0.15) is 32.6 Å². The Morgan fingerprint density at radius 3 is 3.00 bits per heavy atom. The summed E-state index contributed by atoms with van der Waals surface area (Å²) in [6, 6.07) is 0. The lowest BCUT2D eigenvalue weighted by atomic mass is 10.0. The third kappa shape index (κ3) is 2.74. The lowest BCUT2D eigenvalue weighted by molar-refractivity contribution is 0.408. The second-order valence-electron chi connectivity index (χ2n) is 3.14. The molecule has 0 aliphatic carbocycles. The highest BCUT2D eigenvalue weighted by Crippen LogP contribution is 2.20. The third-order valence-corrected chi connectivity index (χ3v) is 3.17. The Kier molecular flexibility index (Phi) is 3.99. The molecule has 0 amide bonds. The van der Waals surface area contributed by atoms with Crippen molar-refractivity contribution in [2.24, 2.45) is 5.92 Å². The van der Waals surface area contributed by atoms with Crippen LogP contribution >= 0.6 is 22.9 Å². The minimum absolute atomic E-state index is 0.972. The van der Waals surface area contributed by atoms with Gasteiger partial charge in [-0.15, -0.1) is 0 Å². The Balaban J connectivity index is 2.30. The van der Waals surface area contributed by atoms with Gasteiger partial charge in [0.05, 0.1) is 0 Å². The van der Waals surface area contributed by atoms with E-state index in [1.54, 1.807) is 0 Å². The molecule has 0 spiro atoms. The molecule has 0 N–H and O–H groups in total. The summed E-state index contributed by atoms with van der Waals surface area (Å²) >= 11 is 2.45. The van der Waals surface area contributed by atoms with Crippen molar-refractivity contribution in [3.8, 4) is 0 Å². The van der Waals surface area contributed by atoms with Gasteiger partial charge in [0.15, 0.2) is 0 Å². The Morgan fingerprint density at radius 1 is 1.50 bits per heavy atom. The molecule has 60 valence electrons. The van der Waals surface area contributed by atoms with Gasteiger partial charge in [0.1, 0.15) is 0 Å².